The predicted octanol–water partition coefficient (Wildman–Crippen LogP) is 3.09. The van der Waals surface area contributed by atoms with Crippen LogP contribution in [0.5, 0.6) is 0 Å². The second-order valence-corrected chi connectivity index (χ2v) is 7.08. The first kappa shape index (κ1) is 23.2. The highest BCUT2D eigenvalue weighted by molar-refractivity contribution is 14.0. The Morgan fingerprint density at radius 2 is 2.00 bits per heavy atom. The Labute approximate surface area is 176 Å². The van der Waals surface area contributed by atoms with Gasteiger partial charge in [0.05, 0.1) is 6.20 Å². The molecule has 0 atom stereocenters. The standard InChI is InChI=1S/C19H36N6.HI/c1-4-20-19(23(2)16-18-15-22-24(3)17-18)21-11-7-5-8-12-25-13-9-6-10-14-25;/h15,17H,4-14,16H2,1-3H3,(H,20,21);1H. The molecule has 1 aromatic rings. The number of rotatable bonds is 9. The summed E-state index contributed by atoms with van der Waals surface area (Å²) in [5, 5.41) is 7.63. The van der Waals surface area contributed by atoms with E-state index in [1.165, 1.54) is 63.7 Å². The summed E-state index contributed by atoms with van der Waals surface area (Å²) in [6, 6.07) is 0. The lowest BCUT2D eigenvalue weighted by atomic mass is 10.1. The number of aromatic nitrogens is 2. The fourth-order valence-electron chi connectivity index (χ4n) is 3.36. The Morgan fingerprint density at radius 1 is 1.23 bits per heavy atom. The summed E-state index contributed by atoms with van der Waals surface area (Å²) in [7, 11) is 4.04. The van der Waals surface area contributed by atoms with Crippen molar-refractivity contribution in [3.05, 3.63) is 18.0 Å². The Balaban J connectivity index is 0.00000338. The smallest absolute Gasteiger partial charge is 0.193 e. The van der Waals surface area contributed by atoms with Crippen LogP contribution < -0.4 is 5.32 Å². The first-order valence-corrected chi connectivity index (χ1v) is 9.88. The van der Waals surface area contributed by atoms with E-state index in [2.05, 4.69) is 40.4 Å². The van der Waals surface area contributed by atoms with Crippen molar-refractivity contribution in [3.8, 4) is 0 Å². The molecule has 6 nitrogen and oxygen atoms in total. The molecular formula is C19H37IN6. The molecule has 1 aromatic heterocycles. The molecule has 0 aromatic carbocycles. The van der Waals surface area contributed by atoms with Gasteiger partial charge in [-0.2, -0.15) is 5.10 Å². The van der Waals surface area contributed by atoms with Crippen molar-refractivity contribution in [2.75, 3.05) is 39.8 Å². The van der Waals surface area contributed by atoms with Crippen LogP contribution in [0.4, 0.5) is 0 Å². The van der Waals surface area contributed by atoms with E-state index in [0.29, 0.717) is 0 Å². The van der Waals surface area contributed by atoms with Crippen LogP contribution in [0.2, 0.25) is 0 Å². The molecule has 0 bridgehead atoms. The highest BCUT2D eigenvalue weighted by Crippen LogP contribution is 2.10. The maximum Gasteiger partial charge on any atom is 0.193 e. The molecule has 0 aliphatic carbocycles. The Morgan fingerprint density at radius 3 is 2.65 bits per heavy atom. The van der Waals surface area contributed by atoms with Gasteiger partial charge in [0.1, 0.15) is 0 Å². The van der Waals surface area contributed by atoms with Gasteiger partial charge in [-0.05, 0) is 52.2 Å². The van der Waals surface area contributed by atoms with Crippen LogP contribution in [0, 0.1) is 0 Å². The normalized spacial score (nSPS) is 15.6. The van der Waals surface area contributed by atoms with Gasteiger partial charge in [0.15, 0.2) is 5.96 Å². The van der Waals surface area contributed by atoms with Crippen LogP contribution in [-0.2, 0) is 13.6 Å². The van der Waals surface area contributed by atoms with Gasteiger partial charge < -0.3 is 15.1 Å². The number of aryl methyl sites for hydroxylation is 1. The quantitative estimate of drug-likeness (QED) is 0.258. The van der Waals surface area contributed by atoms with Gasteiger partial charge in [-0.3, -0.25) is 9.67 Å². The van der Waals surface area contributed by atoms with Crippen LogP contribution in [0.15, 0.2) is 17.4 Å². The van der Waals surface area contributed by atoms with Crippen molar-refractivity contribution in [1.29, 1.82) is 0 Å². The molecule has 2 heterocycles. The van der Waals surface area contributed by atoms with E-state index < -0.39 is 0 Å². The van der Waals surface area contributed by atoms with Gasteiger partial charge in [-0.25, -0.2) is 0 Å². The van der Waals surface area contributed by atoms with Crippen molar-refractivity contribution >= 4 is 29.9 Å². The van der Waals surface area contributed by atoms with E-state index >= 15 is 0 Å². The highest BCUT2D eigenvalue weighted by atomic mass is 127. The van der Waals surface area contributed by atoms with Crippen LogP contribution in [0.25, 0.3) is 0 Å². The monoisotopic (exact) mass is 476 g/mol. The third-order valence-corrected chi connectivity index (χ3v) is 4.72. The zero-order chi connectivity index (χ0) is 17.9. The van der Waals surface area contributed by atoms with Gasteiger partial charge in [0.25, 0.3) is 0 Å². The molecule has 1 N–H and O–H groups in total. The summed E-state index contributed by atoms with van der Waals surface area (Å²) < 4.78 is 1.84. The van der Waals surface area contributed by atoms with Crippen LogP contribution in [0.1, 0.15) is 51.0 Å². The van der Waals surface area contributed by atoms with E-state index in [1.54, 1.807) is 0 Å². The number of unbranched alkanes of at least 4 members (excludes halogenated alkanes) is 2. The summed E-state index contributed by atoms with van der Waals surface area (Å²) in [5.74, 6) is 0.988. The molecule has 150 valence electrons. The number of hydrogen-bond acceptors (Lipinski definition) is 3. The second kappa shape index (κ2) is 13.4. The van der Waals surface area contributed by atoms with E-state index in [1.807, 2.05) is 17.9 Å². The second-order valence-electron chi connectivity index (χ2n) is 7.08. The minimum absolute atomic E-state index is 0. The van der Waals surface area contributed by atoms with Crippen molar-refractivity contribution in [2.24, 2.45) is 12.0 Å². The van der Waals surface area contributed by atoms with E-state index in [0.717, 1.165) is 25.6 Å². The molecule has 1 aliphatic rings. The molecule has 1 aliphatic heterocycles. The summed E-state index contributed by atoms with van der Waals surface area (Å²) in [5.41, 5.74) is 1.21. The first-order chi connectivity index (χ1) is 12.2. The minimum Gasteiger partial charge on any atom is -0.357 e. The molecule has 26 heavy (non-hydrogen) atoms. The average Bonchev–Trinajstić information content (AvgIpc) is 3.02. The zero-order valence-electron chi connectivity index (χ0n) is 16.8. The fraction of sp³-hybridized carbons (Fsp3) is 0.789. The lowest BCUT2D eigenvalue weighted by Gasteiger charge is -2.26. The topological polar surface area (TPSA) is 48.7 Å². The number of nitrogens with zero attached hydrogens (tertiary/aromatic N) is 5. The van der Waals surface area contributed by atoms with Crippen molar-refractivity contribution in [3.63, 3.8) is 0 Å². The first-order valence-electron chi connectivity index (χ1n) is 9.88. The van der Waals surface area contributed by atoms with Gasteiger partial charge >= 0.3 is 0 Å². The largest absolute Gasteiger partial charge is 0.357 e. The molecule has 1 fully saturated rings. The molecule has 0 unspecified atom stereocenters. The molecule has 0 spiro atoms. The third kappa shape index (κ3) is 8.70. The van der Waals surface area contributed by atoms with E-state index in [4.69, 9.17) is 4.99 Å². The zero-order valence-corrected chi connectivity index (χ0v) is 19.1. The molecule has 0 radical (unpaired) electrons. The number of nitrogens with one attached hydrogen (secondary N) is 1. The van der Waals surface area contributed by atoms with Crippen LogP contribution in [0.3, 0.4) is 0 Å². The maximum absolute atomic E-state index is 4.79. The molecule has 0 amide bonds. The molecule has 0 saturated carbocycles. The number of guanidine groups is 1. The van der Waals surface area contributed by atoms with E-state index in [-0.39, 0.29) is 24.0 Å². The number of likely N-dealkylation sites (tertiary alicyclic amines) is 1. The predicted molar refractivity (Wildman–Crippen MR) is 120 cm³/mol. The fourth-order valence-corrected chi connectivity index (χ4v) is 3.36. The highest BCUT2D eigenvalue weighted by Gasteiger charge is 2.09. The van der Waals surface area contributed by atoms with Crippen LogP contribution in [-0.4, -0.2) is 65.3 Å². The Kier molecular flexibility index (Phi) is 11.9. The van der Waals surface area contributed by atoms with Gasteiger partial charge in [0, 0.05) is 45.5 Å². The summed E-state index contributed by atoms with van der Waals surface area (Å²) >= 11 is 0. The third-order valence-electron chi connectivity index (χ3n) is 4.72. The molecule has 1 saturated heterocycles. The SMILES string of the molecule is CCNC(=NCCCCCN1CCCCC1)N(C)Cc1cnn(C)c1.I. The van der Waals surface area contributed by atoms with Crippen molar-refractivity contribution < 1.29 is 0 Å². The summed E-state index contributed by atoms with van der Waals surface area (Å²) in [6.45, 7) is 8.62. The maximum atomic E-state index is 4.79. The van der Waals surface area contributed by atoms with Crippen LogP contribution >= 0.6 is 24.0 Å². The lowest BCUT2D eigenvalue weighted by molar-refractivity contribution is 0.224. The van der Waals surface area contributed by atoms with E-state index in [9.17, 15) is 0 Å². The van der Waals surface area contributed by atoms with Gasteiger partial charge in [-0.15, -0.1) is 24.0 Å². The minimum atomic E-state index is 0. The summed E-state index contributed by atoms with van der Waals surface area (Å²) in [4.78, 5) is 9.59. The van der Waals surface area contributed by atoms with Gasteiger partial charge in [-0.1, -0.05) is 12.8 Å². The van der Waals surface area contributed by atoms with Crippen molar-refractivity contribution in [2.45, 2.75) is 52.0 Å². The van der Waals surface area contributed by atoms with Crippen molar-refractivity contribution in [1.82, 2.24) is 24.9 Å². The van der Waals surface area contributed by atoms with Gasteiger partial charge in [0.2, 0.25) is 0 Å². The lowest BCUT2D eigenvalue weighted by Crippen LogP contribution is -2.38. The molecule has 2 rings (SSSR count). The summed E-state index contributed by atoms with van der Waals surface area (Å²) in [6.07, 6.45) is 11.9. The number of halogens is 1. The number of hydrogen-bond donors (Lipinski definition) is 1. The number of aliphatic imine (C=N–C) groups is 1. The Hall–Kier alpha value is -0.830. The Bertz CT molecular complexity index is 510. The molecule has 7 heteroatoms. The average molecular weight is 476 g/mol. The molecular weight excluding hydrogens is 439 g/mol. The number of piperidine rings is 1.